The van der Waals surface area contributed by atoms with Gasteiger partial charge in [-0.2, -0.15) is 5.06 Å². The number of aromatic nitrogens is 1. The van der Waals surface area contributed by atoms with Gasteiger partial charge in [0.25, 0.3) is 5.91 Å². The van der Waals surface area contributed by atoms with Gasteiger partial charge in [-0.15, -0.1) is 0 Å². The molecule has 1 unspecified atom stereocenters. The number of hydrogen-bond donors (Lipinski definition) is 0. The Morgan fingerprint density at radius 2 is 2.12 bits per heavy atom. The molecule has 5 heteroatoms. The second kappa shape index (κ2) is 5.12. The molecule has 0 bridgehead atoms. The Kier molecular flexibility index (Phi) is 4.06. The van der Waals surface area contributed by atoms with E-state index in [1.165, 1.54) is 18.4 Å². The van der Waals surface area contributed by atoms with Crippen LogP contribution in [0.1, 0.15) is 26.5 Å². The Hall–Kier alpha value is -1.36. The number of rotatable bonds is 4. The Morgan fingerprint density at radius 1 is 1.50 bits per heavy atom. The number of aryl methyl sites for hydroxylation is 1. The topological polar surface area (TPSA) is 55.6 Å². The van der Waals surface area contributed by atoms with Gasteiger partial charge in [0.2, 0.25) is 0 Å². The molecular formula is C11H18N2O3. The molecule has 1 atom stereocenters. The number of hydroxylamine groups is 1. The first-order chi connectivity index (χ1) is 7.49. The first-order valence-electron chi connectivity index (χ1n) is 5.28. The van der Waals surface area contributed by atoms with Crippen molar-refractivity contribution in [1.29, 1.82) is 0 Å². The van der Waals surface area contributed by atoms with Crippen molar-refractivity contribution in [1.82, 2.24) is 5.16 Å². The number of nitrogens with zero attached hydrogens (tertiary/aromatic N) is 2. The molecular weight excluding hydrogens is 208 g/mol. The van der Waals surface area contributed by atoms with Crippen LogP contribution in [0.5, 0.6) is 0 Å². The van der Waals surface area contributed by atoms with Crippen LogP contribution >= 0.6 is 0 Å². The molecule has 1 aromatic heterocycles. The average Bonchev–Trinajstić information content (AvgIpc) is 2.65. The van der Waals surface area contributed by atoms with Crippen molar-refractivity contribution in [3.8, 4) is 0 Å². The van der Waals surface area contributed by atoms with E-state index in [1.54, 1.807) is 6.92 Å². The summed E-state index contributed by atoms with van der Waals surface area (Å²) >= 11 is 0. The number of amides is 1. The third kappa shape index (κ3) is 2.41. The van der Waals surface area contributed by atoms with Crippen LogP contribution in [0.4, 0.5) is 5.69 Å². The summed E-state index contributed by atoms with van der Waals surface area (Å²) in [7, 11) is 1.46. The van der Waals surface area contributed by atoms with Crippen molar-refractivity contribution in [3.05, 3.63) is 12.0 Å². The highest BCUT2D eigenvalue weighted by Crippen LogP contribution is 2.23. The summed E-state index contributed by atoms with van der Waals surface area (Å²) < 4.78 is 4.91. The zero-order valence-corrected chi connectivity index (χ0v) is 10.4. The molecule has 1 amide bonds. The minimum atomic E-state index is -0.116. The number of anilines is 1. The van der Waals surface area contributed by atoms with E-state index < -0.39 is 0 Å². The zero-order valence-electron chi connectivity index (χ0n) is 10.4. The third-order valence-electron chi connectivity index (χ3n) is 2.72. The minimum Gasteiger partial charge on any atom is -0.359 e. The van der Waals surface area contributed by atoms with Crippen LogP contribution in [0, 0.1) is 18.8 Å². The first-order valence-corrected chi connectivity index (χ1v) is 5.28. The fourth-order valence-electron chi connectivity index (χ4n) is 1.27. The Labute approximate surface area is 95.3 Å². The molecule has 0 aromatic carbocycles. The van der Waals surface area contributed by atoms with Crippen LogP contribution in [-0.2, 0) is 9.63 Å². The second-order valence-electron chi connectivity index (χ2n) is 4.12. The number of carbonyl (C=O) groups excluding carboxylic acids is 1. The molecule has 0 aliphatic heterocycles. The third-order valence-corrected chi connectivity index (χ3v) is 2.72. The Balaban J connectivity index is 2.91. The van der Waals surface area contributed by atoms with Crippen LogP contribution in [0.3, 0.4) is 0 Å². The molecule has 0 N–H and O–H groups in total. The van der Waals surface area contributed by atoms with E-state index in [4.69, 9.17) is 9.36 Å². The molecule has 90 valence electrons. The van der Waals surface area contributed by atoms with E-state index in [2.05, 4.69) is 5.16 Å². The van der Waals surface area contributed by atoms with Gasteiger partial charge in [-0.3, -0.25) is 9.63 Å². The second-order valence-corrected chi connectivity index (χ2v) is 4.12. The van der Waals surface area contributed by atoms with Crippen molar-refractivity contribution < 1.29 is 14.2 Å². The molecule has 0 aliphatic carbocycles. The molecule has 16 heavy (non-hydrogen) atoms. The quantitative estimate of drug-likeness (QED) is 0.738. The average molecular weight is 226 g/mol. The van der Waals surface area contributed by atoms with E-state index in [9.17, 15) is 4.79 Å². The first kappa shape index (κ1) is 12.7. The molecule has 0 spiro atoms. The van der Waals surface area contributed by atoms with Gasteiger partial charge >= 0.3 is 0 Å². The normalized spacial score (nSPS) is 12.9. The highest BCUT2D eigenvalue weighted by atomic mass is 16.7. The molecule has 5 nitrogen and oxygen atoms in total. The summed E-state index contributed by atoms with van der Waals surface area (Å²) in [6, 6.07) is 0. The molecule has 1 aromatic rings. The maximum Gasteiger partial charge on any atom is 0.254 e. The van der Waals surface area contributed by atoms with Crippen LogP contribution in [-0.4, -0.2) is 18.2 Å². The largest absolute Gasteiger partial charge is 0.359 e. The fraction of sp³-hybridized carbons (Fsp3) is 0.636. The van der Waals surface area contributed by atoms with Gasteiger partial charge in [0, 0.05) is 5.92 Å². The van der Waals surface area contributed by atoms with Gasteiger partial charge in [-0.25, -0.2) is 0 Å². The summed E-state index contributed by atoms with van der Waals surface area (Å²) in [5, 5.41) is 4.86. The minimum absolute atomic E-state index is 0.0937. The summed E-state index contributed by atoms with van der Waals surface area (Å²) in [5.41, 5.74) is 0.556. The molecule has 1 heterocycles. The highest BCUT2D eigenvalue weighted by Gasteiger charge is 2.27. The van der Waals surface area contributed by atoms with Crippen molar-refractivity contribution in [3.63, 3.8) is 0 Å². The van der Waals surface area contributed by atoms with Gasteiger partial charge in [0.1, 0.15) is 5.69 Å². The molecule has 0 aliphatic rings. The van der Waals surface area contributed by atoms with Crippen molar-refractivity contribution >= 4 is 11.6 Å². The van der Waals surface area contributed by atoms with Crippen molar-refractivity contribution in [2.45, 2.75) is 27.7 Å². The predicted molar refractivity (Wildman–Crippen MR) is 59.7 cm³/mol. The fourth-order valence-corrected chi connectivity index (χ4v) is 1.27. The van der Waals surface area contributed by atoms with Gasteiger partial charge in [0.15, 0.2) is 5.76 Å². The maximum atomic E-state index is 12.1. The Morgan fingerprint density at radius 3 is 2.50 bits per heavy atom. The predicted octanol–water partition coefficient (Wildman–Crippen LogP) is 2.17. The summed E-state index contributed by atoms with van der Waals surface area (Å²) in [5.74, 6) is 0.606. The van der Waals surface area contributed by atoms with Gasteiger partial charge in [0.05, 0.1) is 13.3 Å². The lowest BCUT2D eigenvalue weighted by Gasteiger charge is -2.23. The zero-order chi connectivity index (χ0) is 12.3. The van der Waals surface area contributed by atoms with Crippen LogP contribution < -0.4 is 5.06 Å². The number of carbonyl (C=O) groups is 1. The van der Waals surface area contributed by atoms with E-state index >= 15 is 0 Å². The van der Waals surface area contributed by atoms with Crippen molar-refractivity contribution in [2.75, 3.05) is 12.2 Å². The lowest BCUT2D eigenvalue weighted by molar-refractivity contribution is -0.129. The highest BCUT2D eigenvalue weighted by molar-refractivity contribution is 5.93. The Bertz CT molecular complexity index is 360. The van der Waals surface area contributed by atoms with E-state index in [1.807, 2.05) is 20.8 Å². The van der Waals surface area contributed by atoms with E-state index in [-0.39, 0.29) is 17.7 Å². The summed E-state index contributed by atoms with van der Waals surface area (Å²) in [4.78, 5) is 17.2. The SMILES string of the molecule is CON(C(=O)C(C)C(C)C)c1cnoc1C. The molecule has 0 radical (unpaired) electrons. The van der Waals surface area contributed by atoms with Gasteiger partial charge in [-0.1, -0.05) is 25.9 Å². The van der Waals surface area contributed by atoms with Crippen LogP contribution in [0.25, 0.3) is 0 Å². The molecule has 0 fully saturated rings. The smallest absolute Gasteiger partial charge is 0.254 e. The monoisotopic (exact) mass is 226 g/mol. The van der Waals surface area contributed by atoms with Crippen LogP contribution in [0.2, 0.25) is 0 Å². The standard InChI is InChI=1S/C11H18N2O3/c1-7(2)8(3)11(14)13(15-5)10-6-12-16-9(10)4/h6-8H,1-5H3. The van der Waals surface area contributed by atoms with Gasteiger partial charge in [-0.05, 0) is 12.8 Å². The lowest BCUT2D eigenvalue weighted by atomic mass is 9.97. The van der Waals surface area contributed by atoms with Crippen molar-refractivity contribution in [2.24, 2.45) is 11.8 Å². The van der Waals surface area contributed by atoms with Crippen LogP contribution in [0.15, 0.2) is 10.7 Å². The molecule has 0 saturated carbocycles. The number of hydrogen-bond acceptors (Lipinski definition) is 4. The summed E-state index contributed by atoms with van der Waals surface area (Å²) in [6.07, 6.45) is 1.48. The van der Waals surface area contributed by atoms with E-state index in [0.717, 1.165) is 0 Å². The van der Waals surface area contributed by atoms with E-state index in [0.29, 0.717) is 11.4 Å². The molecule has 1 rings (SSSR count). The molecule has 0 saturated heterocycles. The lowest BCUT2D eigenvalue weighted by Crippen LogP contribution is -2.36. The summed E-state index contributed by atoms with van der Waals surface area (Å²) in [6.45, 7) is 7.61. The van der Waals surface area contributed by atoms with Gasteiger partial charge < -0.3 is 4.52 Å². The maximum absolute atomic E-state index is 12.1.